The second-order valence-corrected chi connectivity index (χ2v) is 6.79. The standard InChI is InChI=1S/C18H18Cl2N6O2/c1-11(27)21-6-7-22-18(28)15-10-24-17-5-4-16(25-26(15)17)23-9-12-2-3-13(19)14(20)8-12/h2-5,8,10H,6-7,9H2,1H3,(H,21,27)(H,22,28)(H,23,25). The lowest BCUT2D eigenvalue weighted by Gasteiger charge is -2.08. The minimum absolute atomic E-state index is 0.150. The average molecular weight is 421 g/mol. The van der Waals surface area contributed by atoms with Gasteiger partial charge in [0, 0.05) is 26.6 Å². The van der Waals surface area contributed by atoms with Crippen LogP contribution in [0.1, 0.15) is 23.0 Å². The molecule has 0 spiro atoms. The van der Waals surface area contributed by atoms with Gasteiger partial charge in [0.2, 0.25) is 5.91 Å². The van der Waals surface area contributed by atoms with Crippen molar-refractivity contribution in [3.63, 3.8) is 0 Å². The van der Waals surface area contributed by atoms with E-state index in [0.717, 1.165) is 5.56 Å². The number of rotatable bonds is 7. The van der Waals surface area contributed by atoms with Crippen LogP contribution in [0.25, 0.3) is 5.65 Å². The molecule has 0 unspecified atom stereocenters. The summed E-state index contributed by atoms with van der Waals surface area (Å²) in [7, 11) is 0. The molecule has 146 valence electrons. The van der Waals surface area contributed by atoms with E-state index >= 15 is 0 Å². The van der Waals surface area contributed by atoms with Crippen molar-refractivity contribution in [3.05, 3.63) is 57.8 Å². The summed E-state index contributed by atoms with van der Waals surface area (Å²) >= 11 is 12.0. The molecule has 3 N–H and O–H groups in total. The number of carbonyl (C=O) groups is 2. The fraction of sp³-hybridized carbons (Fsp3) is 0.222. The van der Waals surface area contributed by atoms with Crippen molar-refractivity contribution in [3.8, 4) is 0 Å². The third-order valence-electron chi connectivity index (χ3n) is 3.84. The first-order chi connectivity index (χ1) is 13.4. The van der Waals surface area contributed by atoms with E-state index in [4.69, 9.17) is 23.2 Å². The number of aromatic nitrogens is 3. The van der Waals surface area contributed by atoms with Crippen molar-refractivity contribution < 1.29 is 9.59 Å². The van der Waals surface area contributed by atoms with Crippen LogP contribution >= 0.6 is 23.2 Å². The number of benzene rings is 1. The van der Waals surface area contributed by atoms with Crippen LogP contribution in [0.3, 0.4) is 0 Å². The largest absolute Gasteiger partial charge is 0.365 e. The summed E-state index contributed by atoms with van der Waals surface area (Å²) in [6.45, 7) is 2.56. The van der Waals surface area contributed by atoms with Gasteiger partial charge in [-0.2, -0.15) is 0 Å². The van der Waals surface area contributed by atoms with Gasteiger partial charge in [-0.1, -0.05) is 29.3 Å². The van der Waals surface area contributed by atoms with Crippen molar-refractivity contribution in [1.82, 2.24) is 25.2 Å². The summed E-state index contributed by atoms with van der Waals surface area (Å²) in [4.78, 5) is 27.4. The van der Waals surface area contributed by atoms with Crippen LogP contribution in [0.4, 0.5) is 5.82 Å². The van der Waals surface area contributed by atoms with Gasteiger partial charge in [0.1, 0.15) is 5.82 Å². The molecule has 3 rings (SSSR count). The Morgan fingerprint density at radius 1 is 1.07 bits per heavy atom. The van der Waals surface area contributed by atoms with Crippen molar-refractivity contribution in [2.45, 2.75) is 13.5 Å². The lowest BCUT2D eigenvalue weighted by Crippen LogP contribution is -2.34. The topological polar surface area (TPSA) is 100 Å². The van der Waals surface area contributed by atoms with Gasteiger partial charge in [-0.25, -0.2) is 9.50 Å². The van der Waals surface area contributed by atoms with Crippen LogP contribution in [-0.4, -0.2) is 39.5 Å². The van der Waals surface area contributed by atoms with Crippen molar-refractivity contribution in [2.75, 3.05) is 18.4 Å². The van der Waals surface area contributed by atoms with Crippen LogP contribution in [0.2, 0.25) is 10.0 Å². The highest BCUT2D eigenvalue weighted by Gasteiger charge is 2.13. The second kappa shape index (κ2) is 8.90. The number of carbonyl (C=O) groups excluding carboxylic acids is 2. The Bertz CT molecular complexity index is 1020. The summed E-state index contributed by atoms with van der Waals surface area (Å²) in [5.41, 5.74) is 1.79. The molecule has 0 aliphatic carbocycles. The molecule has 0 saturated heterocycles. The predicted molar refractivity (Wildman–Crippen MR) is 108 cm³/mol. The van der Waals surface area contributed by atoms with E-state index in [-0.39, 0.29) is 11.8 Å². The second-order valence-electron chi connectivity index (χ2n) is 5.97. The lowest BCUT2D eigenvalue weighted by molar-refractivity contribution is -0.118. The van der Waals surface area contributed by atoms with E-state index < -0.39 is 0 Å². The molecule has 2 amide bonds. The monoisotopic (exact) mass is 420 g/mol. The molecule has 10 heteroatoms. The highest BCUT2D eigenvalue weighted by atomic mass is 35.5. The Morgan fingerprint density at radius 2 is 1.86 bits per heavy atom. The Hall–Kier alpha value is -2.84. The molecule has 0 radical (unpaired) electrons. The first-order valence-electron chi connectivity index (χ1n) is 8.49. The summed E-state index contributed by atoms with van der Waals surface area (Å²) in [5.74, 6) is 0.0965. The van der Waals surface area contributed by atoms with E-state index in [1.54, 1.807) is 24.3 Å². The number of anilines is 1. The van der Waals surface area contributed by atoms with Crippen LogP contribution in [0.5, 0.6) is 0 Å². The molecular weight excluding hydrogens is 403 g/mol. The van der Waals surface area contributed by atoms with E-state index in [0.29, 0.717) is 46.8 Å². The number of fused-ring (bicyclic) bond motifs is 1. The zero-order chi connectivity index (χ0) is 20.1. The SMILES string of the molecule is CC(=O)NCCNC(=O)c1cnc2ccc(NCc3ccc(Cl)c(Cl)c3)nn12. The van der Waals surface area contributed by atoms with Crippen molar-refractivity contribution >= 4 is 46.5 Å². The zero-order valence-electron chi connectivity index (χ0n) is 15.0. The fourth-order valence-electron chi connectivity index (χ4n) is 2.47. The molecule has 0 fully saturated rings. The maximum atomic E-state index is 12.4. The smallest absolute Gasteiger partial charge is 0.271 e. The average Bonchev–Trinajstić information content (AvgIpc) is 3.09. The lowest BCUT2D eigenvalue weighted by atomic mass is 10.2. The molecule has 0 bridgehead atoms. The highest BCUT2D eigenvalue weighted by molar-refractivity contribution is 6.42. The van der Waals surface area contributed by atoms with Crippen LogP contribution in [0, 0.1) is 0 Å². The highest BCUT2D eigenvalue weighted by Crippen LogP contribution is 2.23. The fourth-order valence-corrected chi connectivity index (χ4v) is 2.79. The minimum atomic E-state index is -0.327. The molecule has 0 atom stereocenters. The quantitative estimate of drug-likeness (QED) is 0.509. The molecule has 1 aromatic carbocycles. The Labute approximate surface area is 171 Å². The van der Waals surface area contributed by atoms with Gasteiger partial charge in [-0.3, -0.25) is 9.59 Å². The zero-order valence-corrected chi connectivity index (χ0v) is 16.5. The van der Waals surface area contributed by atoms with Gasteiger partial charge in [0.05, 0.1) is 16.2 Å². The molecule has 2 heterocycles. The summed E-state index contributed by atoms with van der Waals surface area (Å²) in [5, 5.41) is 13.9. The van der Waals surface area contributed by atoms with Gasteiger partial charge >= 0.3 is 0 Å². The third-order valence-corrected chi connectivity index (χ3v) is 4.58. The van der Waals surface area contributed by atoms with E-state index in [1.807, 2.05) is 6.07 Å². The predicted octanol–water partition coefficient (Wildman–Crippen LogP) is 2.51. The first kappa shape index (κ1) is 19.9. The van der Waals surface area contributed by atoms with Crippen molar-refractivity contribution in [2.24, 2.45) is 0 Å². The van der Waals surface area contributed by atoms with Gasteiger partial charge in [0.25, 0.3) is 5.91 Å². The maximum absolute atomic E-state index is 12.4. The number of imidazole rings is 1. The molecule has 0 aliphatic rings. The summed E-state index contributed by atoms with van der Waals surface area (Å²) in [6.07, 6.45) is 1.46. The van der Waals surface area contributed by atoms with Gasteiger partial charge in [-0.05, 0) is 29.8 Å². The molecular formula is C18H18Cl2N6O2. The summed E-state index contributed by atoms with van der Waals surface area (Å²) in [6, 6.07) is 8.92. The number of hydrogen-bond acceptors (Lipinski definition) is 5. The number of hydrogen-bond donors (Lipinski definition) is 3. The Balaban J connectivity index is 1.68. The number of halogens is 2. The molecule has 8 nitrogen and oxygen atoms in total. The van der Waals surface area contributed by atoms with Gasteiger partial charge < -0.3 is 16.0 Å². The number of nitrogens with one attached hydrogen (secondary N) is 3. The maximum Gasteiger partial charge on any atom is 0.271 e. The number of amides is 2. The molecule has 2 aromatic heterocycles. The molecule has 0 aliphatic heterocycles. The summed E-state index contributed by atoms with van der Waals surface area (Å²) < 4.78 is 1.46. The number of nitrogens with zero attached hydrogens (tertiary/aromatic N) is 3. The molecule has 3 aromatic rings. The van der Waals surface area contributed by atoms with E-state index in [9.17, 15) is 9.59 Å². The van der Waals surface area contributed by atoms with Crippen molar-refractivity contribution in [1.29, 1.82) is 0 Å². The van der Waals surface area contributed by atoms with Crippen LogP contribution < -0.4 is 16.0 Å². The van der Waals surface area contributed by atoms with Gasteiger partial charge in [0.15, 0.2) is 11.3 Å². The minimum Gasteiger partial charge on any atom is -0.365 e. The first-order valence-corrected chi connectivity index (χ1v) is 9.25. The third kappa shape index (κ3) is 4.90. The molecule has 0 saturated carbocycles. The Kier molecular flexibility index (Phi) is 6.33. The van der Waals surface area contributed by atoms with Gasteiger partial charge in [-0.15, -0.1) is 5.10 Å². The molecule has 28 heavy (non-hydrogen) atoms. The van der Waals surface area contributed by atoms with E-state index in [1.165, 1.54) is 17.6 Å². The normalized spacial score (nSPS) is 10.7. The van der Waals surface area contributed by atoms with Crippen LogP contribution in [0.15, 0.2) is 36.5 Å². The van der Waals surface area contributed by atoms with Crippen LogP contribution in [-0.2, 0) is 11.3 Å². The van der Waals surface area contributed by atoms with E-state index in [2.05, 4.69) is 26.0 Å². The Morgan fingerprint density at radius 3 is 2.61 bits per heavy atom.